The van der Waals surface area contributed by atoms with Crippen LogP contribution < -0.4 is 15.5 Å². The summed E-state index contributed by atoms with van der Waals surface area (Å²) in [5, 5.41) is 5.17. The van der Waals surface area contributed by atoms with Crippen molar-refractivity contribution < 1.29 is 18.4 Å². The molecule has 3 aromatic rings. The third-order valence-corrected chi connectivity index (χ3v) is 5.78. The van der Waals surface area contributed by atoms with Gasteiger partial charge in [-0.15, -0.1) is 0 Å². The molecule has 2 N–H and O–H groups in total. The molecule has 1 aromatic heterocycles. The first-order valence-corrected chi connectivity index (χ1v) is 11.0. The second-order valence-corrected chi connectivity index (χ2v) is 7.97. The molecule has 176 valence electrons. The van der Waals surface area contributed by atoms with Gasteiger partial charge in [-0.1, -0.05) is 6.07 Å². The lowest BCUT2D eigenvalue weighted by molar-refractivity contribution is -0.136. The highest BCUT2D eigenvalue weighted by atomic mass is 19.1. The highest BCUT2D eigenvalue weighted by Gasteiger charge is 2.27. The Kier molecular flexibility index (Phi) is 7.44. The van der Waals surface area contributed by atoms with Crippen LogP contribution in [0.3, 0.4) is 0 Å². The molecular formula is C25H25F2N5O2. The van der Waals surface area contributed by atoms with Crippen molar-refractivity contribution in [3.8, 4) is 0 Å². The first-order valence-electron chi connectivity index (χ1n) is 11.0. The van der Waals surface area contributed by atoms with Crippen LogP contribution in [0.2, 0.25) is 0 Å². The van der Waals surface area contributed by atoms with Gasteiger partial charge in [0.05, 0.1) is 6.04 Å². The quantitative estimate of drug-likeness (QED) is 0.548. The number of pyridine rings is 1. The number of benzene rings is 2. The van der Waals surface area contributed by atoms with Gasteiger partial charge in [0.15, 0.2) is 0 Å². The lowest BCUT2D eigenvalue weighted by Gasteiger charge is -2.40. The first kappa shape index (κ1) is 23.3. The fraction of sp³-hybridized carbons (Fsp3) is 0.240. The summed E-state index contributed by atoms with van der Waals surface area (Å²) in [5.41, 5.74) is 2.23. The predicted octanol–water partition coefficient (Wildman–Crippen LogP) is 2.98. The fourth-order valence-electron chi connectivity index (χ4n) is 3.97. The summed E-state index contributed by atoms with van der Waals surface area (Å²) in [6.45, 7) is 3.13. The molecule has 7 nitrogen and oxygen atoms in total. The largest absolute Gasteiger partial charge is 0.369 e. The average molecular weight is 466 g/mol. The Balaban J connectivity index is 1.38. The smallest absolute Gasteiger partial charge is 0.313 e. The average Bonchev–Trinajstić information content (AvgIpc) is 2.87. The van der Waals surface area contributed by atoms with E-state index in [1.54, 1.807) is 24.5 Å². The molecule has 1 atom stereocenters. The Hall–Kier alpha value is -3.85. The highest BCUT2D eigenvalue weighted by Crippen LogP contribution is 2.24. The molecular weight excluding hydrogens is 440 g/mol. The summed E-state index contributed by atoms with van der Waals surface area (Å²) < 4.78 is 26.3. The Morgan fingerprint density at radius 1 is 0.882 bits per heavy atom. The molecule has 2 aromatic carbocycles. The summed E-state index contributed by atoms with van der Waals surface area (Å²) in [7, 11) is 0. The molecule has 0 unspecified atom stereocenters. The summed E-state index contributed by atoms with van der Waals surface area (Å²) >= 11 is 0. The van der Waals surface area contributed by atoms with Gasteiger partial charge in [0.1, 0.15) is 11.6 Å². The molecule has 0 saturated carbocycles. The number of piperazine rings is 1. The number of hydrogen-bond acceptors (Lipinski definition) is 5. The molecule has 2 heterocycles. The van der Waals surface area contributed by atoms with E-state index in [2.05, 4.69) is 25.4 Å². The van der Waals surface area contributed by atoms with Gasteiger partial charge >= 0.3 is 11.8 Å². The highest BCUT2D eigenvalue weighted by molar-refractivity contribution is 6.39. The van der Waals surface area contributed by atoms with Crippen molar-refractivity contribution in [2.45, 2.75) is 6.04 Å². The maximum atomic E-state index is 13.2. The minimum absolute atomic E-state index is 0.174. The molecule has 9 heteroatoms. The van der Waals surface area contributed by atoms with Crippen molar-refractivity contribution in [1.82, 2.24) is 15.2 Å². The van der Waals surface area contributed by atoms with Crippen molar-refractivity contribution in [2.24, 2.45) is 0 Å². The van der Waals surface area contributed by atoms with E-state index < -0.39 is 17.6 Å². The normalized spacial score (nSPS) is 14.9. The number of amides is 2. The molecule has 0 aliphatic carbocycles. The number of carbonyl (C=O) groups is 2. The Bertz CT molecular complexity index is 1100. The van der Waals surface area contributed by atoms with E-state index in [0.717, 1.165) is 24.3 Å². The van der Waals surface area contributed by atoms with Crippen molar-refractivity contribution in [3.63, 3.8) is 0 Å². The number of carbonyl (C=O) groups excluding carboxylic acids is 2. The van der Waals surface area contributed by atoms with Gasteiger partial charge in [0, 0.05) is 56.5 Å². The summed E-state index contributed by atoms with van der Waals surface area (Å²) in [6, 6.07) is 15.2. The van der Waals surface area contributed by atoms with E-state index in [1.165, 1.54) is 36.4 Å². The van der Waals surface area contributed by atoms with Gasteiger partial charge in [0.2, 0.25) is 0 Å². The zero-order valence-electron chi connectivity index (χ0n) is 18.5. The van der Waals surface area contributed by atoms with E-state index in [-0.39, 0.29) is 18.4 Å². The van der Waals surface area contributed by atoms with Crippen molar-refractivity contribution in [3.05, 3.63) is 90.3 Å². The summed E-state index contributed by atoms with van der Waals surface area (Å²) in [5.74, 6) is -2.29. The van der Waals surface area contributed by atoms with E-state index >= 15 is 0 Å². The topological polar surface area (TPSA) is 77.6 Å². The Morgan fingerprint density at radius 2 is 1.53 bits per heavy atom. The number of aromatic nitrogens is 1. The third kappa shape index (κ3) is 5.93. The fourth-order valence-corrected chi connectivity index (χ4v) is 3.97. The molecule has 0 spiro atoms. The van der Waals surface area contributed by atoms with Crippen LogP contribution in [-0.4, -0.2) is 54.4 Å². The van der Waals surface area contributed by atoms with Crippen LogP contribution in [0.5, 0.6) is 0 Å². The Labute approximate surface area is 196 Å². The monoisotopic (exact) mass is 465 g/mol. The van der Waals surface area contributed by atoms with Crippen molar-refractivity contribution in [2.75, 3.05) is 42.9 Å². The molecule has 34 heavy (non-hydrogen) atoms. The first-order chi connectivity index (χ1) is 16.5. The van der Waals surface area contributed by atoms with Crippen LogP contribution in [0, 0.1) is 11.6 Å². The zero-order chi connectivity index (χ0) is 23.9. The number of hydrogen-bond donors (Lipinski definition) is 2. The Morgan fingerprint density at radius 3 is 2.15 bits per heavy atom. The van der Waals surface area contributed by atoms with Gasteiger partial charge in [0.25, 0.3) is 0 Å². The van der Waals surface area contributed by atoms with E-state index in [1.807, 2.05) is 12.1 Å². The molecule has 1 aliphatic heterocycles. The number of rotatable bonds is 6. The van der Waals surface area contributed by atoms with Gasteiger partial charge in [-0.2, -0.15) is 0 Å². The predicted molar refractivity (Wildman–Crippen MR) is 125 cm³/mol. The minimum Gasteiger partial charge on any atom is -0.369 e. The minimum atomic E-state index is -0.822. The maximum Gasteiger partial charge on any atom is 0.313 e. The summed E-state index contributed by atoms with van der Waals surface area (Å²) in [6.07, 6.45) is 3.43. The molecule has 1 saturated heterocycles. The molecule has 0 bridgehead atoms. The SMILES string of the molecule is O=C(NC[C@H](c1cccnc1)N1CCN(c2ccc(F)cc2)CC1)C(=O)Nc1ccc(F)cc1. The molecule has 4 rings (SSSR count). The number of nitrogens with one attached hydrogen (secondary N) is 2. The molecule has 1 fully saturated rings. The second-order valence-electron chi connectivity index (χ2n) is 7.97. The van der Waals surface area contributed by atoms with Crippen LogP contribution >= 0.6 is 0 Å². The van der Waals surface area contributed by atoms with Gasteiger partial charge in [-0.05, 0) is 60.2 Å². The number of nitrogens with zero attached hydrogens (tertiary/aromatic N) is 3. The van der Waals surface area contributed by atoms with Crippen LogP contribution in [0.1, 0.15) is 11.6 Å². The van der Waals surface area contributed by atoms with Crippen LogP contribution in [0.4, 0.5) is 20.2 Å². The van der Waals surface area contributed by atoms with Crippen LogP contribution in [-0.2, 0) is 9.59 Å². The third-order valence-electron chi connectivity index (χ3n) is 5.78. The van der Waals surface area contributed by atoms with Crippen molar-refractivity contribution in [1.29, 1.82) is 0 Å². The lowest BCUT2D eigenvalue weighted by atomic mass is 10.1. The number of anilines is 2. The zero-order valence-corrected chi connectivity index (χ0v) is 18.5. The summed E-state index contributed by atoms with van der Waals surface area (Å²) in [4.78, 5) is 33.3. The molecule has 1 aliphatic rings. The van der Waals surface area contributed by atoms with Crippen LogP contribution in [0.25, 0.3) is 0 Å². The van der Waals surface area contributed by atoms with Gasteiger partial charge in [-0.3, -0.25) is 19.5 Å². The van der Waals surface area contributed by atoms with E-state index in [9.17, 15) is 18.4 Å². The number of halogens is 2. The van der Waals surface area contributed by atoms with Crippen LogP contribution in [0.15, 0.2) is 73.1 Å². The second kappa shape index (κ2) is 10.8. The molecule has 2 amide bonds. The standard InChI is InChI=1S/C25H25F2N5O2/c26-19-3-7-21(8-4-19)30-25(34)24(33)29-17-23(18-2-1-11-28-16-18)32-14-12-31(13-15-32)22-9-5-20(27)6-10-22/h1-11,16,23H,12-15,17H2,(H,29,33)(H,30,34)/t23-/m1/s1. The van der Waals surface area contributed by atoms with E-state index in [0.29, 0.717) is 18.8 Å². The maximum absolute atomic E-state index is 13.2. The van der Waals surface area contributed by atoms with Crippen molar-refractivity contribution >= 4 is 23.2 Å². The van der Waals surface area contributed by atoms with Gasteiger partial charge in [-0.25, -0.2) is 8.78 Å². The van der Waals surface area contributed by atoms with Gasteiger partial charge < -0.3 is 15.5 Å². The molecule has 0 radical (unpaired) electrons. The lowest BCUT2D eigenvalue weighted by Crippen LogP contribution is -2.50. The van der Waals surface area contributed by atoms with E-state index in [4.69, 9.17) is 0 Å².